The van der Waals surface area contributed by atoms with E-state index in [1.165, 1.54) is 32.6 Å². The van der Waals surface area contributed by atoms with Gasteiger partial charge in [0.1, 0.15) is 11.5 Å². The molecule has 3 aromatic rings. The Labute approximate surface area is 144 Å². The SMILES string of the molecule is Cc1cc(C)c(P(c2ccc(O)cc2)c2ccc(O)cc2)cc1C. The fourth-order valence-electron chi connectivity index (χ4n) is 2.82. The number of aromatic hydroxyl groups is 2. The molecular weight excluding hydrogens is 315 g/mol. The van der Waals surface area contributed by atoms with Gasteiger partial charge < -0.3 is 10.2 Å². The lowest BCUT2D eigenvalue weighted by Crippen LogP contribution is -2.23. The second kappa shape index (κ2) is 6.67. The van der Waals surface area contributed by atoms with Gasteiger partial charge in [-0.3, -0.25) is 0 Å². The first-order valence-electron chi connectivity index (χ1n) is 7.92. The van der Waals surface area contributed by atoms with E-state index in [2.05, 4.69) is 32.9 Å². The lowest BCUT2D eigenvalue weighted by atomic mass is 10.1. The van der Waals surface area contributed by atoms with E-state index in [1.54, 1.807) is 24.3 Å². The summed E-state index contributed by atoms with van der Waals surface area (Å²) in [6.07, 6.45) is 0. The summed E-state index contributed by atoms with van der Waals surface area (Å²) in [5.74, 6) is 0.549. The molecule has 2 nitrogen and oxygen atoms in total. The maximum absolute atomic E-state index is 9.63. The van der Waals surface area contributed by atoms with E-state index < -0.39 is 7.92 Å². The van der Waals surface area contributed by atoms with Gasteiger partial charge in [-0.1, -0.05) is 36.4 Å². The van der Waals surface area contributed by atoms with Crippen molar-refractivity contribution in [3.63, 3.8) is 0 Å². The molecule has 0 aliphatic heterocycles. The molecule has 0 heterocycles. The van der Waals surface area contributed by atoms with Crippen molar-refractivity contribution in [1.29, 1.82) is 0 Å². The van der Waals surface area contributed by atoms with Crippen LogP contribution in [0.2, 0.25) is 0 Å². The highest BCUT2D eigenvalue weighted by molar-refractivity contribution is 7.79. The normalized spacial score (nSPS) is 11.0. The van der Waals surface area contributed by atoms with Crippen LogP contribution in [-0.2, 0) is 0 Å². The standard InChI is InChI=1S/C21H21O2P/c1-14-12-16(3)21(13-15(14)2)24(19-8-4-17(22)5-9-19)20-10-6-18(23)7-11-20/h4-13,22-23H,1-3H3. The van der Waals surface area contributed by atoms with E-state index in [9.17, 15) is 10.2 Å². The van der Waals surface area contributed by atoms with Crippen molar-refractivity contribution in [2.75, 3.05) is 0 Å². The molecule has 0 unspecified atom stereocenters. The molecule has 24 heavy (non-hydrogen) atoms. The predicted molar refractivity (Wildman–Crippen MR) is 103 cm³/mol. The lowest BCUT2D eigenvalue weighted by Gasteiger charge is -2.22. The van der Waals surface area contributed by atoms with Crippen molar-refractivity contribution < 1.29 is 10.2 Å². The molecule has 122 valence electrons. The molecule has 0 amide bonds. The maximum Gasteiger partial charge on any atom is 0.115 e. The topological polar surface area (TPSA) is 40.5 Å². The molecule has 3 rings (SSSR count). The van der Waals surface area contributed by atoms with Gasteiger partial charge in [0, 0.05) is 0 Å². The molecular formula is C21H21O2P. The highest BCUT2D eigenvalue weighted by Crippen LogP contribution is 2.35. The smallest absolute Gasteiger partial charge is 0.115 e. The minimum Gasteiger partial charge on any atom is -0.508 e. The summed E-state index contributed by atoms with van der Waals surface area (Å²) in [6.45, 7) is 6.42. The summed E-state index contributed by atoms with van der Waals surface area (Å²) >= 11 is 0. The Bertz CT molecular complexity index is 807. The molecule has 3 aromatic carbocycles. The van der Waals surface area contributed by atoms with Gasteiger partial charge in [-0.2, -0.15) is 0 Å². The Hall–Kier alpha value is -2.31. The van der Waals surface area contributed by atoms with Gasteiger partial charge in [0.2, 0.25) is 0 Å². The number of phenolic OH excluding ortho intramolecular Hbond substituents is 2. The van der Waals surface area contributed by atoms with Crippen molar-refractivity contribution in [3.8, 4) is 11.5 Å². The van der Waals surface area contributed by atoms with Gasteiger partial charge >= 0.3 is 0 Å². The Kier molecular flexibility index (Phi) is 4.59. The number of phenols is 2. The number of aryl methyl sites for hydroxylation is 3. The molecule has 0 saturated heterocycles. The summed E-state index contributed by atoms with van der Waals surface area (Å²) in [4.78, 5) is 0. The summed E-state index contributed by atoms with van der Waals surface area (Å²) in [7, 11) is -0.742. The molecule has 0 aliphatic rings. The van der Waals surface area contributed by atoms with Crippen LogP contribution in [0.25, 0.3) is 0 Å². The minimum atomic E-state index is -0.742. The quantitative estimate of drug-likeness (QED) is 0.715. The van der Waals surface area contributed by atoms with Crippen LogP contribution in [0.3, 0.4) is 0 Å². The monoisotopic (exact) mass is 336 g/mol. The molecule has 0 radical (unpaired) electrons. The Morgan fingerprint density at radius 3 is 1.46 bits per heavy atom. The highest BCUT2D eigenvalue weighted by atomic mass is 31.1. The fourth-order valence-corrected chi connectivity index (χ4v) is 5.31. The van der Waals surface area contributed by atoms with Crippen LogP contribution in [0, 0.1) is 20.8 Å². The van der Waals surface area contributed by atoms with Crippen molar-refractivity contribution in [1.82, 2.24) is 0 Å². The predicted octanol–water partition coefficient (Wildman–Crippen LogP) is 3.78. The summed E-state index contributed by atoms with van der Waals surface area (Å²) < 4.78 is 0. The fraction of sp³-hybridized carbons (Fsp3) is 0.143. The Morgan fingerprint density at radius 1 is 0.583 bits per heavy atom. The van der Waals surface area contributed by atoms with Crippen LogP contribution < -0.4 is 15.9 Å². The second-order valence-corrected chi connectivity index (χ2v) is 8.28. The lowest BCUT2D eigenvalue weighted by molar-refractivity contribution is 0.475. The van der Waals surface area contributed by atoms with E-state index in [4.69, 9.17) is 0 Å². The third-order valence-electron chi connectivity index (χ3n) is 4.27. The van der Waals surface area contributed by atoms with Gasteiger partial charge in [0.25, 0.3) is 0 Å². The minimum absolute atomic E-state index is 0.274. The average Bonchev–Trinajstić information content (AvgIpc) is 2.56. The highest BCUT2D eigenvalue weighted by Gasteiger charge is 2.19. The summed E-state index contributed by atoms with van der Waals surface area (Å²) in [5, 5.41) is 22.9. The first kappa shape index (κ1) is 16.5. The number of hydrogen-bond donors (Lipinski definition) is 2. The molecule has 0 aromatic heterocycles. The molecule has 0 spiro atoms. The van der Waals surface area contributed by atoms with E-state index in [1.807, 2.05) is 24.3 Å². The summed E-state index contributed by atoms with van der Waals surface area (Å²) in [5.41, 5.74) is 3.84. The van der Waals surface area contributed by atoms with Crippen LogP contribution in [0.15, 0.2) is 60.7 Å². The van der Waals surface area contributed by atoms with Gasteiger partial charge in [-0.15, -0.1) is 0 Å². The van der Waals surface area contributed by atoms with E-state index in [0.29, 0.717) is 0 Å². The molecule has 0 saturated carbocycles. The molecule has 0 bridgehead atoms. The largest absolute Gasteiger partial charge is 0.508 e. The first-order valence-corrected chi connectivity index (χ1v) is 9.26. The van der Waals surface area contributed by atoms with Crippen LogP contribution in [0.1, 0.15) is 16.7 Å². The van der Waals surface area contributed by atoms with Crippen LogP contribution in [0.5, 0.6) is 11.5 Å². The van der Waals surface area contributed by atoms with E-state index >= 15 is 0 Å². The Morgan fingerprint density at radius 2 is 1.00 bits per heavy atom. The third kappa shape index (κ3) is 3.29. The van der Waals surface area contributed by atoms with Crippen molar-refractivity contribution in [3.05, 3.63) is 77.4 Å². The molecule has 0 atom stereocenters. The number of rotatable bonds is 3. The summed E-state index contributed by atoms with van der Waals surface area (Å²) in [6, 6.07) is 19.4. The number of hydrogen-bond acceptors (Lipinski definition) is 2. The van der Waals surface area contributed by atoms with Gasteiger partial charge in [-0.05, 0) is 85.6 Å². The Balaban J connectivity index is 2.20. The molecule has 2 N–H and O–H groups in total. The van der Waals surface area contributed by atoms with Gasteiger partial charge in [-0.25, -0.2) is 0 Å². The average molecular weight is 336 g/mol. The maximum atomic E-state index is 9.63. The molecule has 3 heteroatoms. The van der Waals surface area contributed by atoms with Crippen LogP contribution in [0.4, 0.5) is 0 Å². The molecule has 0 aliphatic carbocycles. The van der Waals surface area contributed by atoms with Crippen molar-refractivity contribution in [2.45, 2.75) is 20.8 Å². The van der Waals surface area contributed by atoms with Crippen LogP contribution >= 0.6 is 7.92 Å². The zero-order chi connectivity index (χ0) is 17.3. The van der Waals surface area contributed by atoms with Crippen LogP contribution in [-0.4, -0.2) is 10.2 Å². The van der Waals surface area contributed by atoms with Gasteiger partial charge in [0.05, 0.1) is 0 Å². The first-order chi connectivity index (χ1) is 11.5. The number of benzene rings is 3. The van der Waals surface area contributed by atoms with E-state index in [-0.39, 0.29) is 11.5 Å². The van der Waals surface area contributed by atoms with E-state index in [0.717, 1.165) is 0 Å². The van der Waals surface area contributed by atoms with Crippen molar-refractivity contribution in [2.24, 2.45) is 0 Å². The zero-order valence-electron chi connectivity index (χ0n) is 14.1. The zero-order valence-corrected chi connectivity index (χ0v) is 15.0. The van der Waals surface area contributed by atoms with Crippen molar-refractivity contribution >= 4 is 23.8 Å². The second-order valence-electron chi connectivity index (χ2n) is 6.09. The van der Waals surface area contributed by atoms with Gasteiger partial charge in [0.15, 0.2) is 0 Å². The third-order valence-corrected chi connectivity index (χ3v) is 6.86. The molecule has 0 fully saturated rings.